The number of aromatic nitrogens is 1. The minimum Gasteiger partial charge on any atom is -0.507 e. The summed E-state index contributed by atoms with van der Waals surface area (Å²) in [5.41, 5.74) is 2.11. The average Bonchev–Trinajstić information content (AvgIpc) is 3.45. The first-order chi connectivity index (χ1) is 18.3. The summed E-state index contributed by atoms with van der Waals surface area (Å²) in [7, 11) is 4.36. The number of amides is 1. The van der Waals surface area contributed by atoms with Crippen LogP contribution in [-0.2, 0) is 9.59 Å². The molecular weight excluding hydrogens is 511 g/mol. The van der Waals surface area contributed by atoms with Crippen molar-refractivity contribution in [3.8, 4) is 17.2 Å². The third kappa shape index (κ3) is 4.12. The summed E-state index contributed by atoms with van der Waals surface area (Å²) >= 11 is 1.25. The maximum absolute atomic E-state index is 13.6. The van der Waals surface area contributed by atoms with Crippen LogP contribution in [0, 0.1) is 12.7 Å². The zero-order valence-electron chi connectivity index (χ0n) is 20.9. The van der Waals surface area contributed by atoms with Crippen LogP contribution >= 0.6 is 11.3 Å². The van der Waals surface area contributed by atoms with Crippen molar-refractivity contribution in [3.63, 3.8) is 0 Å². The second-order valence-electron chi connectivity index (χ2n) is 8.60. The molecule has 38 heavy (non-hydrogen) atoms. The van der Waals surface area contributed by atoms with Gasteiger partial charge in [-0.1, -0.05) is 17.4 Å². The van der Waals surface area contributed by atoms with Crippen molar-refractivity contribution in [2.75, 3.05) is 26.2 Å². The van der Waals surface area contributed by atoms with Crippen LogP contribution in [0.25, 0.3) is 16.0 Å². The number of hydrogen-bond donors (Lipinski definition) is 1. The van der Waals surface area contributed by atoms with E-state index in [1.807, 2.05) is 25.1 Å². The molecule has 194 valence electrons. The van der Waals surface area contributed by atoms with Crippen LogP contribution in [0.2, 0.25) is 0 Å². The Morgan fingerprint density at radius 1 is 0.974 bits per heavy atom. The van der Waals surface area contributed by atoms with Crippen LogP contribution < -0.4 is 19.1 Å². The molecule has 1 atom stereocenters. The molecule has 10 heteroatoms. The van der Waals surface area contributed by atoms with E-state index >= 15 is 0 Å². The SMILES string of the molecule is COc1cc([C@@H]2/C(=C(\O)c3ccc(F)cc3)C(=O)C(=O)N2c2nc3ccc(C)cc3s2)cc(OC)c1OC. The third-order valence-corrected chi connectivity index (χ3v) is 7.32. The van der Waals surface area contributed by atoms with Crippen LogP contribution in [0.5, 0.6) is 17.2 Å². The van der Waals surface area contributed by atoms with E-state index in [9.17, 15) is 19.1 Å². The van der Waals surface area contributed by atoms with Crippen molar-refractivity contribution in [2.24, 2.45) is 0 Å². The Kier molecular flexibility index (Phi) is 6.50. The van der Waals surface area contributed by atoms with E-state index in [1.54, 1.807) is 12.1 Å². The second kappa shape index (κ2) is 9.79. The number of carbonyl (C=O) groups excluding carboxylic acids is 2. The van der Waals surface area contributed by atoms with Gasteiger partial charge in [-0.2, -0.15) is 0 Å². The topological polar surface area (TPSA) is 98.2 Å². The third-order valence-electron chi connectivity index (χ3n) is 6.30. The van der Waals surface area contributed by atoms with Gasteiger partial charge in [-0.25, -0.2) is 9.37 Å². The van der Waals surface area contributed by atoms with Gasteiger partial charge in [0.05, 0.1) is 43.2 Å². The molecular formula is C28H23FN2O6S. The first-order valence-corrected chi connectivity index (χ1v) is 12.3. The number of benzene rings is 3. The van der Waals surface area contributed by atoms with E-state index < -0.39 is 29.3 Å². The van der Waals surface area contributed by atoms with Crippen molar-refractivity contribution in [2.45, 2.75) is 13.0 Å². The lowest BCUT2D eigenvalue weighted by molar-refractivity contribution is -0.132. The largest absolute Gasteiger partial charge is 0.507 e. The van der Waals surface area contributed by atoms with Crippen molar-refractivity contribution >= 4 is 44.1 Å². The number of thiazole rings is 1. The molecule has 1 fully saturated rings. The van der Waals surface area contributed by atoms with Crippen LogP contribution in [0.15, 0.2) is 60.2 Å². The van der Waals surface area contributed by atoms with Gasteiger partial charge in [0.1, 0.15) is 11.6 Å². The van der Waals surface area contributed by atoms with Gasteiger partial charge >= 0.3 is 5.91 Å². The number of aliphatic hydroxyl groups excluding tert-OH is 1. The van der Waals surface area contributed by atoms with E-state index in [0.717, 1.165) is 22.4 Å². The molecule has 4 aromatic rings. The predicted octanol–water partition coefficient (Wildman–Crippen LogP) is 5.40. The summed E-state index contributed by atoms with van der Waals surface area (Å²) < 4.78 is 30.9. The highest BCUT2D eigenvalue weighted by Gasteiger charge is 2.48. The van der Waals surface area contributed by atoms with Gasteiger partial charge in [0.2, 0.25) is 5.75 Å². The van der Waals surface area contributed by atoms with E-state index in [1.165, 1.54) is 49.7 Å². The Morgan fingerprint density at radius 3 is 2.24 bits per heavy atom. The summed E-state index contributed by atoms with van der Waals surface area (Å²) in [5.74, 6) is -1.79. The highest BCUT2D eigenvalue weighted by molar-refractivity contribution is 7.22. The highest BCUT2D eigenvalue weighted by Crippen LogP contribution is 2.48. The number of aliphatic hydroxyl groups is 1. The summed E-state index contributed by atoms with van der Waals surface area (Å²) in [4.78, 5) is 32.9. The molecule has 0 radical (unpaired) electrons. The zero-order valence-corrected chi connectivity index (χ0v) is 21.8. The number of anilines is 1. The molecule has 1 amide bonds. The molecule has 0 aliphatic carbocycles. The molecule has 0 bridgehead atoms. The predicted molar refractivity (Wildman–Crippen MR) is 142 cm³/mol. The van der Waals surface area contributed by atoms with Gasteiger partial charge < -0.3 is 19.3 Å². The first kappa shape index (κ1) is 25.2. The lowest BCUT2D eigenvalue weighted by atomic mass is 9.94. The number of halogens is 1. The minimum atomic E-state index is -1.09. The summed E-state index contributed by atoms with van der Waals surface area (Å²) in [6.07, 6.45) is 0. The van der Waals surface area contributed by atoms with Gasteiger partial charge in [-0.15, -0.1) is 0 Å². The van der Waals surface area contributed by atoms with E-state index in [-0.39, 0.29) is 16.3 Å². The Hall–Kier alpha value is -4.44. The molecule has 1 aromatic heterocycles. The summed E-state index contributed by atoms with van der Waals surface area (Å²) in [6, 6.07) is 12.8. The molecule has 1 aliphatic rings. The monoisotopic (exact) mass is 534 g/mol. The van der Waals surface area contributed by atoms with Crippen molar-refractivity contribution in [1.29, 1.82) is 0 Å². The standard InChI is InChI=1S/C28H23FN2O6S/c1-14-5-10-18-21(11-14)38-28(30-18)31-23(16-12-19(35-2)26(37-4)20(13-16)36-3)22(25(33)27(31)34)24(32)15-6-8-17(29)9-7-15/h5-13,23,32H,1-4H3/b24-22+/t23-/m1/s1. The van der Waals surface area contributed by atoms with Gasteiger partial charge in [0, 0.05) is 5.56 Å². The lowest BCUT2D eigenvalue weighted by Crippen LogP contribution is -2.29. The van der Waals surface area contributed by atoms with Crippen LogP contribution in [-0.4, -0.2) is 43.1 Å². The number of nitrogens with zero attached hydrogens (tertiary/aromatic N) is 2. The molecule has 2 heterocycles. The van der Waals surface area contributed by atoms with Crippen LogP contribution in [0.3, 0.4) is 0 Å². The minimum absolute atomic E-state index is 0.175. The quantitative estimate of drug-likeness (QED) is 0.201. The maximum Gasteiger partial charge on any atom is 0.301 e. The number of rotatable bonds is 6. The van der Waals surface area contributed by atoms with Gasteiger partial charge in [-0.3, -0.25) is 14.5 Å². The van der Waals surface area contributed by atoms with Gasteiger partial charge in [0.25, 0.3) is 5.78 Å². The number of ketones is 1. The van der Waals surface area contributed by atoms with Crippen LogP contribution in [0.4, 0.5) is 9.52 Å². The lowest BCUT2D eigenvalue weighted by Gasteiger charge is -2.24. The smallest absolute Gasteiger partial charge is 0.301 e. The van der Waals surface area contributed by atoms with Gasteiger partial charge in [-0.05, 0) is 66.6 Å². The fourth-order valence-electron chi connectivity index (χ4n) is 4.49. The zero-order chi connectivity index (χ0) is 27.1. The Labute approximate surface area is 221 Å². The van der Waals surface area contributed by atoms with E-state index in [2.05, 4.69) is 4.98 Å². The van der Waals surface area contributed by atoms with Crippen molar-refractivity contribution < 1.29 is 33.3 Å². The number of fused-ring (bicyclic) bond motifs is 1. The average molecular weight is 535 g/mol. The fraction of sp³-hybridized carbons (Fsp3) is 0.179. The van der Waals surface area contributed by atoms with E-state index in [4.69, 9.17) is 14.2 Å². The number of Topliss-reactive ketones (excluding diaryl/α,β-unsaturated/α-hetero) is 1. The van der Waals surface area contributed by atoms with Crippen molar-refractivity contribution in [3.05, 3.63) is 82.7 Å². The number of aryl methyl sites for hydroxylation is 1. The first-order valence-electron chi connectivity index (χ1n) is 11.5. The molecule has 8 nitrogen and oxygen atoms in total. The molecule has 0 unspecified atom stereocenters. The second-order valence-corrected chi connectivity index (χ2v) is 9.61. The summed E-state index contributed by atoms with van der Waals surface area (Å²) in [5, 5.41) is 11.6. The molecule has 1 aliphatic heterocycles. The number of hydrogen-bond acceptors (Lipinski definition) is 8. The maximum atomic E-state index is 13.6. The highest BCUT2D eigenvalue weighted by atomic mass is 32.1. The Balaban J connectivity index is 1.78. The normalized spacial score (nSPS) is 16.8. The number of carbonyl (C=O) groups is 2. The Morgan fingerprint density at radius 2 is 1.63 bits per heavy atom. The summed E-state index contributed by atoms with van der Waals surface area (Å²) in [6.45, 7) is 1.95. The van der Waals surface area contributed by atoms with Crippen LogP contribution in [0.1, 0.15) is 22.7 Å². The number of methoxy groups -OCH3 is 3. The van der Waals surface area contributed by atoms with E-state index in [0.29, 0.717) is 28.3 Å². The van der Waals surface area contributed by atoms with Crippen molar-refractivity contribution in [1.82, 2.24) is 4.98 Å². The fourth-order valence-corrected chi connectivity index (χ4v) is 5.58. The molecule has 0 spiro atoms. The molecule has 0 saturated carbocycles. The molecule has 3 aromatic carbocycles. The molecule has 5 rings (SSSR count). The number of ether oxygens (including phenoxy) is 3. The Bertz CT molecular complexity index is 1590. The molecule has 1 N–H and O–H groups in total. The molecule has 1 saturated heterocycles. The van der Waals surface area contributed by atoms with Gasteiger partial charge in [0.15, 0.2) is 16.6 Å².